The zero-order valence-electron chi connectivity index (χ0n) is 21.0. The van der Waals surface area contributed by atoms with Gasteiger partial charge in [0.15, 0.2) is 0 Å². The molecule has 0 radical (unpaired) electrons. The van der Waals surface area contributed by atoms with E-state index in [9.17, 15) is 0 Å². The van der Waals surface area contributed by atoms with Crippen LogP contribution < -0.4 is 14.5 Å². The van der Waals surface area contributed by atoms with Gasteiger partial charge in [-0.25, -0.2) is 0 Å². The summed E-state index contributed by atoms with van der Waals surface area (Å²) in [6.45, 7) is 4.91. The van der Waals surface area contributed by atoms with Crippen molar-refractivity contribution in [2.75, 3.05) is 43.1 Å². The third kappa shape index (κ3) is 3.63. The molecule has 3 aromatic carbocycles. The Morgan fingerprint density at radius 3 is 1.34 bits per heavy atom. The van der Waals surface area contributed by atoms with Crippen molar-refractivity contribution in [2.45, 2.75) is 57.3 Å². The van der Waals surface area contributed by atoms with Gasteiger partial charge in [0.1, 0.15) is 5.75 Å². The minimum atomic E-state index is 0.263. The molecular formula is C32H36N2O. The van der Waals surface area contributed by atoms with Crippen molar-refractivity contribution < 1.29 is 4.74 Å². The van der Waals surface area contributed by atoms with E-state index in [2.05, 4.69) is 58.3 Å². The summed E-state index contributed by atoms with van der Waals surface area (Å²) in [5.74, 6) is 1.19. The Balaban J connectivity index is 1.41. The van der Waals surface area contributed by atoms with Gasteiger partial charge < -0.3 is 14.5 Å². The summed E-state index contributed by atoms with van der Waals surface area (Å²) in [4.78, 5) is 5.31. The van der Waals surface area contributed by atoms with Gasteiger partial charge in [0.05, 0.1) is 7.11 Å². The van der Waals surface area contributed by atoms with E-state index in [1.165, 1.54) is 94.2 Å². The first-order valence-electron chi connectivity index (χ1n) is 13.7. The Labute approximate surface area is 209 Å². The van der Waals surface area contributed by atoms with E-state index in [1.807, 2.05) is 0 Å². The molecule has 7 rings (SSSR count). The Bertz CT molecular complexity index is 1120. The van der Waals surface area contributed by atoms with Crippen LogP contribution in [0.1, 0.15) is 70.5 Å². The summed E-state index contributed by atoms with van der Waals surface area (Å²) in [7, 11) is 1.76. The van der Waals surface area contributed by atoms with Crippen molar-refractivity contribution in [1.29, 1.82) is 0 Å². The van der Waals surface area contributed by atoms with Crippen LogP contribution in [0.5, 0.6) is 5.75 Å². The summed E-state index contributed by atoms with van der Waals surface area (Å²) < 4.78 is 5.51. The third-order valence-corrected chi connectivity index (χ3v) is 8.83. The normalized spacial score (nSPS) is 18.3. The second kappa shape index (κ2) is 8.62. The number of methoxy groups -OCH3 is 1. The van der Waals surface area contributed by atoms with Gasteiger partial charge in [-0.1, -0.05) is 36.4 Å². The standard InChI is InChI=1S/C32H36N2O/c1-35-29-12-10-22(11-13-29)30(27-18-23-6-2-14-33-15-3-7-24(19-27)31(23)33)28-20-25-8-4-16-34-17-5-9-26(21-28)32(25)34/h10-13,18-21,30H,2-9,14-17H2,1H3. The van der Waals surface area contributed by atoms with Crippen LogP contribution in [-0.2, 0) is 25.7 Å². The van der Waals surface area contributed by atoms with Crippen molar-refractivity contribution in [3.8, 4) is 5.75 Å². The van der Waals surface area contributed by atoms with Gasteiger partial charge in [0.25, 0.3) is 0 Å². The molecule has 0 amide bonds. The maximum absolute atomic E-state index is 5.51. The molecule has 0 aliphatic carbocycles. The predicted molar refractivity (Wildman–Crippen MR) is 145 cm³/mol. The summed E-state index contributed by atoms with van der Waals surface area (Å²) >= 11 is 0. The Kier molecular flexibility index (Phi) is 5.26. The van der Waals surface area contributed by atoms with Crippen molar-refractivity contribution in [2.24, 2.45) is 0 Å². The average Bonchev–Trinajstić information content (AvgIpc) is 2.90. The summed E-state index contributed by atoms with van der Waals surface area (Å²) in [6.07, 6.45) is 9.98. The number of hydrogen-bond donors (Lipinski definition) is 0. The first-order chi connectivity index (χ1) is 17.3. The van der Waals surface area contributed by atoms with Crippen LogP contribution in [-0.4, -0.2) is 33.3 Å². The SMILES string of the molecule is COc1ccc(C(c2cc3c4c(c2)CCCN4CCC3)c2cc3c4c(c2)CCCN4CCC3)cc1. The Morgan fingerprint density at radius 1 is 0.571 bits per heavy atom. The van der Waals surface area contributed by atoms with E-state index in [0.717, 1.165) is 5.75 Å². The fourth-order valence-electron chi connectivity index (χ4n) is 7.37. The van der Waals surface area contributed by atoms with Gasteiger partial charge in [0, 0.05) is 43.5 Å². The Morgan fingerprint density at radius 2 is 0.971 bits per heavy atom. The molecule has 0 bridgehead atoms. The molecule has 0 spiro atoms. The topological polar surface area (TPSA) is 15.7 Å². The Hall–Kier alpha value is -2.94. The van der Waals surface area contributed by atoms with E-state index in [0.29, 0.717) is 0 Å². The van der Waals surface area contributed by atoms with E-state index in [-0.39, 0.29) is 5.92 Å². The summed E-state index contributed by atoms with van der Waals surface area (Å²) in [5.41, 5.74) is 13.8. The molecule has 3 aromatic rings. The van der Waals surface area contributed by atoms with E-state index < -0.39 is 0 Å². The van der Waals surface area contributed by atoms with E-state index in [4.69, 9.17) is 4.74 Å². The molecular weight excluding hydrogens is 428 g/mol. The van der Waals surface area contributed by atoms with Crippen LogP contribution >= 0.6 is 0 Å². The largest absolute Gasteiger partial charge is 0.497 e. The molecule has 35 heavy (non-hydrogen) atoms. The second-order valence-electron chi connectivity index (χ2n) is 11.0. The molecule has 4 aliphatic heterocycles. The number of nitrogens with zero attached hydrogens (tertiary/aromatic N) is 2. The number of ether oxygens (including phenoxy) is 1. The molecule has 180 valence electrons. The van der Waals surface area contributed by atoms with Crippen molar-refractivity contribution in [1.82, 2.24) is 0 Å². The highest BCUT2D eigenvalue weighted by atomic mass is 16.5. The highest BCUT2D eigenvalue weighted by molar-refractivity contribution is 5.68. The van der Waals surface area contributed by atoms with Crippen LogP contribution in [0.3, 0.4) is 0 Å². The summed E-state index contributed by atoms with van der Waals surface area (Å²) in [6, 6.07) is 19.1. The van der Waals surface area contributed by atoms with Crippen LogP contribution in [0.25, 0.3) is 0 Å². The molecule has 3 heteroatoms. The molecule has 0 fully saturated rings. The molecule has 0 saturated carbocycles. The molecule has 0 N–H and O–H groups in total. The summed E-state index contributed by atoms with van der Waals surface area (Å²) in [5, 5.41) is 0. The lowest BCUT2D eigenvalue weighted by Crippen LogP contribution is -2.35. The molecule has 0 saturated heterocycles. The zero-order chi connectivity index (χ0) is 23.4. The molecule has 0 aromatic heterocycles. The van der Waals surface area contributed by atoms with Crippen LogP contribution in [0.4, 0.5) is 11.4 Å². The van der Waals surface area contributed by atoms with E-state index in [1.54, 1.807) is 40.7 Å². The lowest BCUT2D eigenvalue weighted by molar-refractivity contribution is 0.414. The first kappa shape index (κ1) is 21.4. The van der Waals surface area contributed by atoms with Crippen LogP contribution in [0.15, 0.2) is 48.5 Å². The van der Waals surface area contributed by atoms with Crippen LogP contribution in [0, 0.1) is 0 Å². The zero-order valence-corrected chi connectivity index (χ0v) is 21.0. The van der Waals surface area contributed by atoms with Gasteiger partial charge in [-0.2, -0.15) is 0 Å². The van der Waals surface area contributed by atoms with Crippen molar-refractivity contribution in [3.63, 3.8) is 0 Å². The van der Waals surface area contributed by atoms with Gasteiger partial charge >= 0.3 is 0 Å². The smallest absolute Gasteiger partial charge is 0.118 e. The number of aryl methyl sites for hydroxylation is 4. The van der Waals surface area contributed by atoms with Crippen molar-refractivity contribution in [3.05, 3.63) is 87.5 Å². The fourth-order valence-corrected chi connectivity index (χ4v) is 7.37. The molecule has 0 atom stereocenters. The quantitative estimate of drug-likeness (QED) is 0.423. The average molecular weight is 465 g/mol. The predicted octanol–water partition coefficient (Wildman–Crippen LogP) is 6.27. The number of hydrogen-bond acceptors (Lipinski definition) is 3. The lowest BCUT2D eigenvalue weighted by atomic mass is 9.78. The van der Waals surface area contributed by atoms with Gasteiger partial charge in [-0.15, -0.1) is 0 Å². The monoisotopic (exact) mass is 464 g/mol. The highest BCUT2D eigenvalue weighted by Gasteiger charge is 2.29. The maximum atomic E-state index is 5.51. The van der Waals surface area contributed by atoms with Gasteiger partial charge in [0.2, 0.25) is 0 Å². The minimum Gasteiger partial charge on any atom is -0.497 e. The number of anilines is 2. The van der Waals surface area contributed by atoms with E-state index >= 15 is 0 Å². The molecule has 3 nitrogen and oxygen atoms in total. The van der Waals surface area contributed by atoms with Gasteiger partial charge in [-0.05, 0) is 102 Å². The van der Waals surface area contributed by atoms with Crippen molar-refractivity contribution >= 4 is 11.4 Å². The highest BCUT2D eigenvalue weighted by Crippen LogP contribution is 2.44. The first-order valence-corrected chi connectivity index (χ1v) is 13.7. The molecule has 4 heterocycles. The lowest BCUT2D eigenvalue weighted by Gasteiger charge is -2.39. The molecule has 4 aliphatic rings. The number of benzene rings is 3. The maximum Gasteiger partial charge on any atom is 0.118 e. The second-order valence-corrected chi connectivity index (χ2v) is 11.0. The fraction of sp³-hybridized carbons (Fsp3) is 0.438. The van der Waals surface area contributed by atoms with Crippen LogP contribution in [0.2, 0.25) is 0 Å². The third-order valence-electron chi connectivity index (χ3n) is 8.83. The minimum absolute atomic E-state index is 0.263. The number of rotatable bonds is 4. The molecule has 0 unspecified atom stereocenters. The van der Waals surface area contributed by atoms with Gasteiger partial charge in [-0.3, -0.25) is 0 Å².